The van der Waals surface area contributed by atoms with Crippen molar-refractivity contribution in [3.63, 3.8) is 0 Å². The Balaban J connectivity index is 2.17. The molecule has 0 spiro atoms. The van der Waals surface area contributed by atoms with Gasteiger partial charge in [0.1, 0.15) is 0 Å². The molecule has 126 valence electrons. The van der Waals surface area contributed by atoms with Gasteiger partial charge in [0.15, 0.2) is 5.82 Å². The zero-order chi connectivity index (χ0) is 17.0. The molecule has 1 unspecified atom stereocenters. The summed E-state index contributed by atoms with van der Waals surface area (Å²) in [5.74, 6) is 0.838. The third-order valence-electron chi connectivity index (χ3n) is 3.38. The Morgan fingerprint density at radius 1 is 1.26 bits per heavy atom. The second kappa shape index (κ2) is 7.08. The third-order valence-corrected chi connectivity index (χ3v) is 3.38. The third kappa shape index (κ3) is 5.02. The highest BCUT2D eigenvalue weighted by Gasteiger charge is 2.31. The molecule has 1 N–H and O–H groups in total. The first-order valence-electron chi connectivity index (χ1n) is 7.39. The van der Waals surface area contributed by atoms with E-state index in [1.54, 1.807) is 13.1 Å². The minimum Gasteiger partial charge on any atom is -0.303 e. The van der Waals surface area contributed by atoms with Crippen LogP contribution in [0, 0.1) is 5.92 Å². The second-order valence-electron chi connectivity index (χ2n) is 5.88. The minimum atomic E-state index is -4.34. The molecule has 1 atom stereocenters. The predicted octanol–water partition coefficient (Wildman–Crippen LogP) is 3.11. The van der Waals surface area contributed by atoms with Gasteiger partial charge in [0.05, 0.1) is 19.2 Å². The molecule has 0 aliphatic carbocycles. The Hall–Kier alpha value is -1.96. The maximum Gasteiger partial charge on any atom is 0.416 e. The summed E-state index contributed by atoms with van der Waals surface area (Å²) in [6.07, 6.45) is -3.63. The normalized spacial score (nSPS) is 13.5. The first-order chi connectivity index (χ1) is 10.8. The van der Waals surface area contributed by atoms with Gasteiger partial charge in [-0.1, -0.05) is 26.0 Å². The van der Waals surface area contributed by atoms with E-state index in [9.17, 15) is 13.2 Å². The molecule has 0 radical (unpaired) electrons. The first-order valence-corrected chi connectivity index (χ1v) is 7.39. The number of aromatic nitrogens is 4. The number of benzene rings is 1. The molecule has 0 fully saturated rings. The Morgan fingerprint density at radius 3 is 2.57 bits per heavy atom. The van der Waals surface area contributed by atoms with Crippen molar-refractivity contribution in [1.82, 2.24) is 25.5 Å². The van der Waals surface area contributed by atoms with Crippen LogP contribution >= 0.6 is 0 Å². The number of tetrazole rings is 1. The molecule has 0 bridgehead atoms. The van der Waals surface area contributed by atoms with Gasteiger partial charge in [0, 0.05) is 6.04 Å². The summed E-state index contributed by atoms with van der Waals surface area (Å²) in [4.78, 5) is 1.35. The van der Waals surface area contributed by atoms with Crippen molar-refractivity contribution in [2.75, 3.05) is 0 Å². The fraction of sp³-hybridized carbons (Fsp3) is 0.533. The zero-order valence-electron chi connectivity index (χ0n) is 13.3. The number of alkyl halides is 3. The van der Waals surface area contributed by atoms with E-state index in [-0.39, 0.29) is 6.04 Å². The predicted molar refractivity (Wildman–Crippen MR) is 79.3 cm³/mol. The molecule has 0 aliphatic heterocycles. The number of hydrogen-bond donors (Lipinski definition) is 1. The summed E-state index contributed by atoms with van der Waals surface area (Å²) in [6.45, 7) is 4.41. The highest BCUT2D eigenvalue weighted by molar-refractivity contribution is 5.28. The van der Waals surface area contributed by atoms with E-state index >= 15 is 0 Å². The lowest BCUT2D eigenvalue weighted by atomic mass is 9.95. The molecule has 1 aromatic heterocycles. The molecule has 23 heavy (non-hydrogen) atoms. The molecule has 1 aromatic carbocycles. The average molecular weight is 327 g/mol. The Morgan fingerprint density at radius 2 is 2.00 bits per heavy atom. The molecule has 8 heteroatoms. The lowest BCUT2D eigenvalue weighted by Gasteiger charge is -2.21. The van der Waals surface area contributed by atoms with E-state index in [1.165, 1.54) is 16.9 Å². The van der Waals surface area contributed by atoms with Crippen molar-refractivity contribution in [1.29, 1.82) is 0 Å². The number of hydrogen-bond acceptors (Lipinski definition) is 4. The van der Waals surface area contributed by atoms with Crippen molar-refractivity contribution < 1.29 is 13.2 Å². The quantitative estimate of drug-likeness (QED) is 0.886. The van der Waals surface area contributed by atoms with E-state index in [4.69, 9.17) is 0 Å². The molecular weight excluding hydrogens is 307 g/mol. The van der Waals surface area contributed by atoms with Gasteiger partial charge in [0.25, 0.3) is 0 Å². The smallest absolute Gasteiger partial charge is 0.303 e. The Labute approximate surface area is 132 Å². The molecule has 0 saturated carbocycles. The van der Waals surface area contributed by atoms with Crippen LogP contribution in [0.4, 0.5) is 13.2 Å². The van der Waals surface area contributed by atoms with E-state index in [2.05, 4.69) is 20.7 Å². The van der Waals surface area contributed by atoms with Crippen LogP contribution in [0.1, 0.15) is 43.3 Å². The zero-order valence-corrected chi connectivity index (χ0v) is 13.3. The Bertz CT molecular complexity index is 636. The van der Waals surface area contributed by atoms with Gasteiger partial charge in [-0.25, -0.2) is 0 Å². The lowest BCUT2D eigenvalue weighted by molar-refractivity contribution is -0.137. The number of halogens is 3. The number of nitrogens with zero attached hydrogens (tertiary/aromatic N) is 4. The van der Waals surface area contributed by atoms with Gasteiger partial charge >= 0.3 is 6.18 Å². The van der Waals surface area contributed by atoms with Gasteiger partial charge in [-0.15, -0.1) is 10.2 Å². The molecule has 2 aromatic rings. The van der Waals surface area contributed by atoms with Crippen LogP contribution < -0.4 is 5.32 Å². The summed E-state index contributed by atoms with van der Waals surface area (Å²) in [6, 6.07) is 5.22. The van der Waals surface area contributed by atoms with Crippen molar-refractivity contribution >= 4 is 0 Å². The molecule has 0 saturated heterocycles. The van der Waals surface area contributed by atoms with Crippen LogP contribution in [-0.4, -0.2) is 20.2 Å². The van der Waals surface area contributed by atoms with Crippen LogP contribution in [0.25, 0.3) is 0 Å². The second-order valence-corrected chi connectivity index (χ2v) is 5.88. The highest BCUT2D eigenvalue weighted by atomic mass is 19.4. The summed E-state index contributed by atoms with van der Waals surface area (Å²) in [5.41, 5.74) is -0.0272. The maximum atomic E-state index is 12.9. The van der Waals surface area contributed by atoms with Crippen molar-refractivity contribution in [3.05, 3.63) is 41.2 Å². The molecule has 2 rings (SSSR count). The maximum absolute atomic E-state index is 12.9. The molecular formula is C15H20F3N5. The fourth-order valence-corrected chi connectivity index (χ4v) is 2.35. The van der Waals surface area contributed by atoms with Crippen LogP contribution in [0.3, 0.4) is 0 Å². The van der Waals surface area contributed by atoms with Crippen molar-refractivity contribution in [3.8, 4) is 0 Å². The molecule has 0 amide bonds. The highest BCUT2D eigenvalue weighted by Crippen LogP contribution is 2.32. The summed E-state index contributed by atoms with van der Waals surface area (Å²) >= 11 is 0. The average Bonchev–Trinajstić information content (AvgIpc) is 2.88. The fourth-order valence-electron chi connectivity index (χ4n) is 2.35. The monoisotopic (exact) mass is 327 g/mol. The number of rotatable bonds is 6. The van der Waals surface area contributed by atoms with Gasteiger partial charge in [-0.05, 0) is 35.2 Å². The minimum absolute atomic E-state index is 0.207. The van der Waals surface area contributed by atoms with Gasteiger partial charge < -0.3 is 5.32 Å². The van der Waals surface area contributed by atoms with E-state index < -0.39 is 11.7 Å². The van der Waals surface area contributed by atoms with Gasteiger partial charge in [-0.2, -0.15) is 18.0 Å². The first kappa shape index (κ1) is 17.4. The van der Waals surface area contributed by atoms with E-state index in [1.807, 2.05) is 13.8 Å². The summed E-state index contributed by atoms with van der Waals surface area (Å²) < 4.78 is 38.7. The SMILES string of the molecule is CC(C)CC(NCc1nnn(C)n1)c1cccc(C(F)(F)F)c1. The van der Waals surface area contributed by atoms with E-state index in [0.29, 0.717) is 30.3 Å². The summed E-state index contributed by atoms with van der Waals surface area (Å²) in [5, 5.41) is 14.9. The largest absolute Gasteiger partial charge is 0.416 e. The van der Waals surface area contributed by atoms with Crippen LogP contribution in [0.15, 0.2) is 24.3 Å². The molecule has 1 heterocycles. The lowest BCUT2D eigenvalue weighted by Crippen LogP contribution is -2.23. The topological polar surface area (TPSA) is 55.6 Å². The van der Waals surface area contributed by atoms with Crippen molar-refractivity contribution in [2.45, 2.75) is 39.0 Å². The van der Waals surface area contributed by atoms with Crippen LogP contribution in [-0.2, 0) is 19.8 Å². The Kier molecular flexibility index (Phi) is 5.35. The van der Waals surface area contributed by atoms with Crippen molar-refractivity contribution in [2.24, 2.45) is 13.0 Å². The van der Waals surface area contributed by atoms with Gasteiger partial charge in [-0.3, -0.25) is 0 Å². The molecule has 5 nitrogen and oxygen atoms in total. The molecule has 0 aliphatic rings. The van der Waals surface area contributed by atoms with Crippen LogP contribution in [0.5, 0.6) is 0 Å². The number of nitrogens with one attached hydrogen (secondary N) is 1. The van der Waals surface area contributed by atoms with Gasteiger partial charge in [0.2, 0.25) is 0 Å². The van der Waals surface area contributed by atoms with Crippen LogP contribution in [0.2, 0.25) is 0 Å². The summed E-state index contributed by atoms with van der Waals surface area (Å²) in [7, 11) is 1.66. The van der Waals surface area contributed by atoms with E-state index in [0.717, 1.165) is 6.07 Å². The standard InChI is InChI=1S/C15H20F3N5/c1-10(2)7-13(19-9-14-20-22-23(3)21-14)11-5-4-6-12(8-11)15(16,17)18/h4-6,8,10,13,19H,7,9H2,1-3H3. The number of aryl methyl sites for hydroxylation is 1.